The fourth-order valence-corrected chi connectivity index (χ4v) is 3.07. The summed E-state index contributed by atoms with van der Waals surface area (Å²) in [6.45, 7) is 5.14. The number of unbranched alkanes of at least 4 members (excludes halogenated alkanes) is 4. The molecule has 0 aliphatic rings. The van der Waals surface area contributed by atoms with Gasteiger partial charge in [0.15, 0.2) is 0 Å². The van der Waals surface area contributed by atoms with Crippen LogP contribution in [0.15, 0.2) is 81.4 Å². The molecule has 1 heterocycles. The van der Waals surface area contributed by atoms with Crippen molar-refractivity contribution in [1.29, 1.82) is 0 Å². The largest absolute Gasteiger partial charge is 0.494 e. The van der Waals surface area contributed by atoms with Crippen molar-refractivity contribution < 1.29 is 4.74 Å². The van der Waals surface area contributed by atoms with Crippen molar-refractivity contribution in [2.75, 3.05) is 6.61 Å². The van der Waals surface area contributed by atoms with Gasteiger partial charge in [-0.15, -0.1) is 15.3 Å². The first-order valence-corrected chi connectivity index (χ1v) is 11.7. The zero-order valence-corrected chi connectivity index (χ0v) is 19.5. The molecule has 0 bridgehead atoms. The molecule has 0 saturated heterocycles. The van der Waals surface area contributed by atoms with Crippen molar-refractivity contribution in [3.63, 3.8) is 0 Å². The topological polar surface area (TPSA) is 84.5 Å². The molecule has 0 amide bonds. The van der Waals surface area contributed by atoms with Gasteiger partial charge < -0.3 is 4.74 Å². The Labute approximate surface area is 196 Å². The highest BCUT2D eigenvalue weighted by molar-refractivity contribution is 5.42. The summed E-state index contributed by atoms with van der Waals surface area (Å²) in [5.74, 6) is 1.13. The summed E-state index contributed by atoms with van der Waals surface area (Å²) in [5, 5.41) is 16.7. The minimum absolute atomic E-state index is 0.282. The predicted octanol–water partition coefficient (Wildman–Crippen LogP) is 8.61. The molecule has 33 heavy (non-hydrogen) atoms. The molecule has 3 aromatic rings. The van der Waals surface area contributed by atoms with E-state index in [0.29, 0.717) is 5.69 Å². The monoisotopic (exact) mass is 444 g/mol. The van der Waals surface area contributed by atoms with Crippen molar-refractivity contribution in [1.82, 2.24) is 9.97 Å². The van der Waals surface area contributed by atoms with E-state index in [1.807, 2.05) is 36.4 Å². The van der Waals surface area contributed by atoms with Crippen LogP contribution in [0.5, 0.6) is 5.75 Å². The van der Waals surface area contributed by atoms with Crippen molar-refractivity contribution in [2.24, 2.45) is 20.5 Å². The molecule has 2 aromatic carbocycles. The second-order valence-electron chi connectivity index (χ2n) is 7.81. The number of rotatable bonds is 13. The Bertz CT molecular complexity index is 998. The molecule has 7 nitrogen and oxygen atoms in total. The Kier molecular flexibility index (Phi) is 10.1. The molecule has 0 aliphatic heterocycles. The minimum Gasteiger partial charge on any atom is -0.494 e. The van der Waals surface area contributed by atoms with Crippen LogP contribution in [0.1, 0.15) is 57.9 Å². The van der Waals surface area contributed by atoms with E-state index in [4.69, 9.17) is 4.74 Å². The average Bonchev–Trinajstić information content (AvgIpc) is 2.87. The normalized spacial score (nSPS) is 11.5. The van der Waals surface area contributed by atoms with Gasteiger partial charge in [-0.3, -0.25) is 0 Å². The van der Waals surface area contributed by atoms with Crippen LogP contribution in [0.25, 0.3) is 0 Å². The molecule has 7 heteroatoms. The lowest BCUT2D eigenvalue weighted by molar-refractivity contribution is 0.305. The van der Waals surface area contributed by atoms with Gasteiger partial charge in [0.1, 0.15) is 11.4 Å². The Balaban J connectivity index is 1.48. The second-order valence-corrected chi connectivity index (χ2v) is 7.81. The third-order valence-corrected chi connectivity index (χ3v) is 5.02. The number of ether oxygens (including phenoxy) is 1. The molecule has 0 fully saturated rings. The fourth-order valence-electron chi connectivity index (χ4n) is 3.07. The van der Waals surface area contributed by atoms with Crippen LogP contribution in [0.3, 0.4) is 0 Å². The number of azo groups is 2. The molecule has 0 unspecified atom stereocenters. The van der Waals surface area contributed by atoms with Crippen LogP contribution in [0.2, 0.25) is 0 Å². The quantitative estimate of drug-likeness (QED) is 0.195. The molecule has 0 N–H and O–H groups in total. The number of hydrogen-bond donors (Lipinski definition) is 0. The van der Waals surface area contributed by atoms with Gasteiger partial charge in [0, 0.05) is 0 Å². The van der Waals surface area contributed by atoms with Crippen molar-refractivity contribution >= 4 is 23.0 Å². The van der Waals surface area contributed by atoms with E-state index >= 15 is 0 Å². The lowest BCUT2D eigenvalue weighted by Gasteiger charge is -2.05. The summed E-state index contributed by atoms with van der Waals surface area (Å²) in [6.07, 6.45) is 11.4. The van der Waals surface area contributed by atoms with Crippen LogP contribution in [-0.4, -0.2) is 16.6 Å². The van der Waals surface area contributed by atoms with Gasteiger partial charge in [-0.05, 0) is 61.2 Å². The molecule has 0 atom stereocenters. The maximum Gasteiger partial charge on any atom is 0.268 e. The van der Waals surface area contributed by atoms with Crippen LogP contribution >= 0.6 is 0 Å². The van der Waals surface area contributed by atoms with E-state index in [1.54, 1.807) is 12.4 Å². The lowest BCUT2D eigenvalue weighted by atomic mass is 10.1. The highest BCUT2D eigenvalue weighted by atomic mass is 16.5. The Morgan fingerprint density at radius 2 is 1.24 bits per heavy atom. The maximum atomic E-state index is 5.75. The third-order valence-electron chi connectivity index (χ3n) is 5.02. The second kappa shape index (κ2) is 13.8. The number of hydrogen-bond acceptors (Lipinski definition) is 7. The summed E-state index contributed by atoms with van der Waals surface area (Å²) in [7, 11) is 0. The van der Waals surface area contributed by atoms with Gasteiger partial charge in [-0.2, -0.15) is 5.11 Å². The van der Waals surface area contributed by atoms with Gasteiger partial charge in [0.2, 0.25) is 0 Å². The van der Waals surface area contributed by atoms with Crippen molar-refractivity contribution in [3.05, 3.63) is 66.5 Å². The van der Waals surface area contributed by atoms with E-state index < -0.39 is 0 Å². The standard InChI is InChI=1S/C26H32N6O/c1-3-5-7-8-18-33-25-16-14-23(15-17-25)29-31-24-19-27-26(28-20-24)32-30-22-12-10-21(11-13-22)9-6-4-2/h10-17,19-20H,3-9,18H2,1-2H3. The van der Waals surface area contributed by atoms with E-state index in [0.717, 1.165) is 36.6 Å². The molecular formula is C26H32N6O. The third kappa shape index (κ3) is 8.88. The summed E-state index contributed by atoms with van der Waals surface area (Å²) in [6, 6.07) is 15.7. The lowest BCUT2D eigenvalue weighted by Crippen LogP contribution is -1.96. The van der Waals surface area contributed by atoms with E-state index in [1.165, 1.54) is 37.7 Å². The van der Waals surface area contributed by atoms with Gasteiger partial charge in [-0.1, -0.05) is 51.7 Å². The maximum absolute atomic E-state index is 5.75. The van der Waals surface area contributed by atoms with E-state index in [9.17, 15) is 0 Å². The summed E-state index contributed by atoms with van der Waals surface area (Å²) in [4.78, 5) is 8.38. The first-order valence-electron chi connectivity index (χ1n) is 11.7. The van der Waals surface area contributed by atoms with Crippen LogP contribution in [0, 0.1) is 0 Å². The highest BCUT2D eigenvalue weighted by Gasteiger charge is 1.99. The fraction of sp³-hybridized carbons (Fsp3) is 0.385. The molecular weight excluding hydrogens is 412 g/mol. The summed E-state index contributed by atoms with van der Waals surface area (Å²) in [5.41, 5.74) is 3.37. The number of benzene rings is 2. The van der Waals surface area contributed by atoms with Gasteiger partial charge in [0.05, 0.1) is 30.4 Å². The van der Waals surface area contributed by atoms with Crippen LogP contribution in [-0.2, 0) is 6.42 Å². The smallest absolute Gasteiger partial charge is 0.268 e. The molecule has 0 saturated carbocycles. The minimum atomic E-state index is 0.282. The van der Waals surface area contributed by atoms with Crippen molar-refractivity contribution in [2.45, 2.75) is 58.8 Å². The number of aryl methyl sites for hydroxylation is 1. The number of nitrogens with zero attached hydrogens (tertiary/aromatic N) is 6. The molecule has 0 radical (unpaired) electrons. The first-order chi connectivity index (χ1) is 16.3. The molecule has 1 aromatic heterocycles. The number of aromatic nitrogens is 2. The summed E-state index contributed by atoms with van der Waals surface area (Å²) < 4.78 is 5.75. The highest BCUT2D eigenvalue weighted by Crippen LogP contribution is 2.22. The van der Waals surface area contributed by atoms with E-state index in [-0.39, 0.29) is 5.95 Å². The van der Waals surface area contributed by atoms with Crippen LogP contribution in [0.4, 0.5) is 23.0 Å². The Morgan fingerprint density at radius 3 is 1.91 bits per heavy atom. The average molecular weight is 445 g/mol. The summed E-state index contributed by atoms with van der Waals surface area (Å²) >= 11 is 0. The van der Waals surface area contributed by atoms with Crippen molar-refractivity contribution in [3.8, 4) is 5.75 Å². The van der Waals surface area contributed by atoms with Gasteiger partial charge in [-0.25, -0.2) is 9.97 Å². The van der Waals surface area contributed by atoms with Crippen LogP contribution < -0.4 is 4.74 Å². The molecule has 0 aliphatic carbocycles. The zero-order chi connectivity index (χ0) is 23.1. The Hall–Kier alpha value is -3.48. The predicted molar refractivity (Wildman–Crippen MR) is 132 cm³/mol. The van der Waals surface area contributed by atoms with Gasteiger partial charge >= 0.3 is 0 Å². The Morgan fingerprint density at radius 1 is 0.636 bits per heavy atom. The SMILES string of the molecule is CCCCCCOc1ccc(N=Nc2cnc(N=Nc3ccc(CCCC)cc3)nc2)cc1. The zero-order valence-electron chi connectivity index (χ0n) is 19.5. The molecule has 0 spiro atoms. The molecule has 3 rings (SSSR count). The molecule has 172 valence electrons. The van der Waals surface area contributed by atoms with E-state index in [2.05, 4.69) is 56.4 Å². The first kappa shape index (κ1) is 24.2. The van der Waals surface area contributed by atoms with Gasteiger partial charge in [0.25, 0.3) is 5.95 Å².